The van der Waals surface area contributed by atoms with E-state index < -0.39 is 10.8 Å². The predicted molar refractivity (Wildman–Crippen MR) is 109 cm³/mol. The summed E-state index contributed by atoms with van der Waals surface area (Å²) in [4.78, 5) is 38.3. The predicted octanol–water partition coefficient (Wildman–Crippen LogP) is 3.65. The molecule has 0 aliphatic carbocycles. The lowest BCUT2D eigenvalue weighted by molar-refractivity contribution is -0.383. The molecule has 0 fully saturated rings. The number of hydrogen-bond donors (Lipinski definition) is 1. The summed E-state index contributed by atoms with van der Waals surface area (Å²) in [7, 11) is 3.17. The first-order chi connectivity index (χ1) is 13.1. The summed E-state index contributed by atoms with van der Waals surface area (Å²) in [5, 5.41) is 13.5. The maximum atomic E-state index is 12.8. The summed E-state index contributed by atoms with van der Waals surface area (Å²) in [6.07, 6.45) is 0. The van der Waals surface area contributed by atoms with E-state index in [1.807, 2.05) is 32.9 Å². The molecule has 3 amide bonds. The molecule has 0 spiro atoms. The highest BCUT2D eigenvalue weighted by atomic mass is 16.6. The van der Waals surface area contributed by atoms with E-state index in [1.54, 1.807) is 13.1 Å². The Morgan fingerprint density at radius 2 is 1.64 bits per heavy atom. The van der Waals surface area contributed by atoms with Crippen molar-refractivity contribution >= 4 is 29.0 Å². The van der Waals surface area contributed by atoms with Crippen molar-refractivity contribution in [2.75, 3.05) is 30.9 Å². The molecular weight excluding hydrogens is 360 g/mol. The minimum Gasteiger partial charge on any atom is -0.319 e. The molecule has 8 heteroatoms. The van der Waals surface area contributed by atoms with Gasteiger partial charge in [0, 0.05) is 20.2 Å². The van der Waals surface area contributed by atoms with Gasteiger partial charge in [-0.2, -0.15) is 0 Å². The van der Waals surface area contributed by atoms with Crippen LogP contribution in [0, 0.1) is 30.9 Å². The van der Waals surface area contributed by atoms with Crippen LogP contribution in [0.15, 0.2) is 36.4 Å². The summed E-state index contributed by atoms with van der Waals surface area (Å²) in [5.41, 5.74) is 3.72. The molecule has 0 aromatic heterocycles. The van der Waals surface area contributed by atoms with Crippen molar-refractivity contribution in [2.24, 2.45) is 0 Å². The number of rotatable bonds is 5. The van der Waals surface area contributed by atoms with E-state index in [0.29, 0.717) is 0 Å². The largest absolute Gasteiger partial charge is 0.324 e. The van der Waals surface area contributed by atoms with Crippen molar-refractivity contribution < 1.29 is 14.5 Å². The number of aryl methyl sites for hydroxylation is 3. The van der Waals surface area contributed by atoms with Crippen LogP contribution in [0.3, 0.4) is 0 Å². The summed E-state index contributed by atoms with van der Waals surface area (Å²) in [5.74, 6) is -0.518. The van der Waals surface area contributed by atoms with Crippen LogP contribution in [0.5, 0.6) is 0 Å². The number of para-hydroxylation sites is 2. The van der Waals surface area contributed by atoms with Crippen molar-refractivity contribution in [3.05, 3.63) is 63.2 Å². The van der Waals surface area contributed by atoms with Gasteiger partial charge in [0.15, 0.2) is 0 Å². The van der Waals surface area contributed by atoms with Crippen molar-refractivity contribution in [3.8, 4) is 0 Å². The minimum absolute atomic E-state index is 0.0944. The Morgan fingerprint density at radius 1 is 1.07 bits per heavy atom. The standard InChI is InChI=1S/C20H24N4O4/c1-13-10-14(2)19(15(3)11-13)23(5)20(26)22(4)12-18(25)21-16-8-6-7-9-17(16)24(27)28/h6-11H,12H2,1-5H3,(H,21,25). The van der Waals surface area contributed by atoms with Gasteiger partial charge in [-0.3, -0.25) is 19.8 Å². The fraction of sp³-hybridized carbons (Fsp3) is 0.300. The number of nitro groups is 1. The fourth-order valence-electron chi connectivity index (χ4n) is 3.26. The average molecular weight is 384 g/mol. The van der Waals surface area contributed by atoms with Crippen molar-refractivity contribution in [2.45, 2.75) is 20.8 Å². The number of amides is 3. The van der Waals surface area contributed by atoms with E-state index in [0.717, 1.165) is 22.4 Å². The van der Waals surface area contributed by atoms with Gasteiger partial charge in [0.1, 0.15) is 12.2 Å². The molecular formula is C20H24N4O4. The van der Waals surface area contributed by atoms with E-state index in [2.05, 4.69) is 5.32 Å². The first-order valence-electron chi connectivity index (χ1n) is 8.71. The molecule has 2 aromatic rings. The summed E-state index contributed by atoms with van der Waals surface area (Å²) in [6.45, 7) is 5.62. The second kappa shape index (κ2) is 8.51. The normalized spacial score (nSPS) is 10.3. The maximum Gasteiger partial charge on any atom is 0.324 e. The number of carbonyl (C=O) groups is 2. The smallest absolute Gasteiger partial charge is 0.319 e. The molecule has 0 saturated carbocycles. The van der Waals surface area contributed by atoms with Crippen LogP contribution in [0.4, 0.5) is 21.9 Å². The molecule has 0 radical (unpaired) electrons. The number of benzene rings is 2. The van der Waals surface area contributed by atoms with Gasteiger partial charge in [0.05, 0.1) is 10.6 Å². The van der Waals surface area contributed by atoms with Gasteiger partial charge < -0.3 is 10.2 Å². The van der Waals surface area contributed by atoms with Gasteiger partial charge in [-0.25, -0.2) is 4.79 Å². The molecule has 0 atom stereocenters. The first-order valence-corrected chi connectivity index (χ1v) is 8.71. The van der Waals surface area contributed by atoms with Gasteiger partial charge in [0.25, 0.3) is 5.69 Å². The van der Waals surface area contributed by atoms with Crippen molar-refractivity contribution in [1.29, 1.82) is 0 Å². The van der Waals surface area contributed by atoms with Crippen LogP contribution in [-0.4, -0.2) is 42.4 Å². The Hall–Kier alpha value is -3.42. The zero-order valence-corrected chi connectivity index (χ0v) is 16.6. The summed E-state index contributed by atoms with van der Waals surface area (Å²) in [6, 6.07) is 9.50. The summed E-state index contributed by atoms with van der Waals surface area (Å²) < 4.78 is 0. The van der Waals surface area contributed by atoms with Crippen LogP contribution in [0.2, 0.25) is 0 Å². The van der Waals surface area contributed by atoms with Crippen LogP contribution in [0.25, 0.3) is 0 Å². The lowest BCUT2D eigenvalue weighted by Crippen LogP contribution is -2.43. The number of carbonyl (C=O) groups excluding carboxylic acids is 2. The zero-order chi connectivity index (χ0) is 21.0. The van der Waals surface area contributed by atoms with Gasteiger partial charge in [-0.1, -0.05) is 29.8 Å². The Morgan fingerprint density at radius 3 is 2.21 bits per heavy atom. The second-order valence-electron chi connectivity index (χ2n) is 6.77. The van der Waals surface area contributed by atoms with Crippen molar-refractivity contribution in [1.82, 2.24) is 4.90 Å². The minimum atomic E-state index is -0.568. The van der Waals surface area contributed by atoms with E-state index in [9.17, 15) is 19.7 Å². The SMILES string of the molecule is Cc1cc(C)c(N(C)C(=O)N(C)CC(=O)Nc2ccccc2[N+](=O)[O-])c(C)c1. The number of hydrogen-bond acceptors (Lipinski definition) is 4. The number of nitrogens with one attached hydrogen (secondary N) is 1. The molecule has 2 aromatic carbocycles. The number of likely N-dealkylation sites (N-methyl/N-ethyl adjacent to an activating group) is 1. The first kappa shape index (κ1) is 20.9. The van der Waals surface area contributed by atoms with E-state index in [4.69, 9.17) is 0 Å². The highest BCUT2D eigenvalue weighted by Gasteiger charge is 2.22. The molecule has 0 bridgehead atoms. The third kappa shape index (κ3) is 4.64. The van der Waals surface area contributed by atoms with Gasteiger partial charge in [-0.15, -0.1) is 0 Å². The van der Waals surface area contributed by atoms with Crippen LogP contribution < -0.4 is 10.2 Å². The van der Waals surface area contributed by atoms with Crippen LogP contribution in [-0.2, 0) is 4.79 Å². The lowest BCUT2D eigenvalue weighted by atomic mass is 10.0. The topological polar surface area (TPSA) is 95.8 Å². The number of nitrogens with zero attached hydrogens (tertiary/aromatic N) is 3. The van der Waals surface area contributed by atoms with Gasteiger partial charge >= 0.3 is 6.03 Å². The van der Waals surface area contributed by atoms with E-state index in [-0.39, 0.29) is 24.0 Å². The Bertz CT molecular complexity index is 903. The van der Waals surface area contributed by atoms with E-state index >= 15 is 0 Å². The quantitative estimate of drug-likeness (QED) is 0.629. The van der Waals surface area contributed by atoms with Crippen molar-refractivity contribution in [3.63, 3.8) is 0 Å². The molecule has 1 N–H and O–H groups in total. The lowest BCUT2D eigenvalue weighted by Gasteiger charge is -2.27. The molecule has 28 heavy (non-hydrogen) atoms. The average Bonchev–Trinajstić information content (AvgIpc) is 2.60. The number of nitro benzene ring substituents is 1. The zero-order valence-electron chi connectivity index (χ0n) is 16.6. The molecule has 8 nitrogen and oxygen atoms in total. The third-order valence-corrected chi connectivity index (χ3v) is 4.34. The van der Waals surface area contributed by atoms with Crippen LogP contribution in [0.1, 0.15) is 16.7 Å². The molecule has 148 valence electrons. The molecule has 2 rings (SSSR count). The Balaban J connectivity index is 2.10. The summed E-state index contributed by atoms with van der Waals surface area (Å²) >= 11 is 0. The molecule has 0 unspecified atom stereocenters. The molecule has 0 saturated heterocycles. The molecule has 0 aliphatic heterocycles. The number of anilines is 2. The number of urea groups is 1. The van der Waals surface area contributed by atoms with E-state index in [1.165, 1.54) is 35.0 Å². The highest BCUT2D eigenvalue weighted by Crippen LogP contribution is 2.26. The maximum absolute atomic E-state index is 12.8. The Kier molecular flexibility index (Phi) is 6.35. The second-order valence-corrected chi connectivity index (χ2v) is 6.77. The molecule has 0 aliphatic rings. The highest BCUT2D eigenvalue weighted by molar-refractivity contribution is 5.99. The fourth-order valence-corrected chi connectivity index (χ4v) is 3.26. The Labute approximate surface area is 163 Å². The van der Waals surface area contributed by atoms with Gasteiger partial charge in [-0.05, 0) is 38.0 Å². The molecule has 0 heterocycles. The van der Waals surface area contributed by atoms with Gasteiger partial charge in [0.2, 0.25) is 5.91 Å². The third-order valence-electron chi connectivity index (χ3n) is 4.34. The van der Waals surface area contributed by atoms with Crippen LogP contribution >= 0.6 is 0 Å². The monoisotopic (exact) mass is 384 g/mol.